The number of rotatable bonds is 9. The Kier molecular flexibility index (Phi) is 8.82. The zero-order valence-electron chi connectivity index (χ0n) is 22.0. The molecule has 0 bridgehead atoms. The molecular formula is C27H38FN5O3S. The Balaban J connectivity index is 1.40. The minimum absolute atomic E-state index is 0.0395. The normalized spacial score (nSPS) is 20.2. The number of nitrogens with zero attached hydrogens (tertiary/aromatic N) is 5. The molecular weight excluding hydrogens is 493 g/mol. The average molecular weight is 532 g/mol. The molecule has 0 aliphatic carbocycles. The Morgan fingerprint density at radius 1 is 1.27 bits per heavy atom. The van der Waals surface area contributed by atoms with E-state index in [-0.39, 0.29) is 17.8 Å². The molecule has 2 fully saturated rings. The summed E-state index contributed by atoms with van der Waals surface area (Å²) in [5.41, 5.74) is 3.23. The SMILES string of the molecule is CCOCCN(C)CCN1CCCC(n2nc(C(=O)N3CCOCC3)c3c2-c2cccc(F)c2SC3)C1. The van der Waals surface area contributed by atoms with Gasteiger partial charge in [-0.2, -0.15) is 5.10 Å². The predicted octanol–water partition coefficient (Wildman–Crippen LogP) is 3.37. The Labute approximate surface area is 223 Å². The lowest BCUT2D eigenvalue weighted by atomic mass is 10.0. The third-order valence-corrected chi connectivity index (χ3v) is 8.67. The molecule has 0 spiro atoms. The summed E-state index contributed by atoms with van der Waals surface area (Å²) in [5.74, 6) is 0.306. The monoisotopic (exact) mass is 531 g/mol. The number of ether oxygens (including phenoxy) is 2. The topological polar surface area (TPSA) is 63.1 Å². The summed E-state index contributed by atoms with van der Waals surface area (Å²) in [6.07, 6.45) is 2.06. The van der Waals surface area contributed by atoms with Crippen LogP contribution < -0.4 is 0 Å². The quantitative estimate of drug-likeness (QED) is 0.460. The fourth-order valence-electron chi connectivity index (χ4n) is 5.45. The van der Waals surface area contributed by atoms with Crippen molar-refractivity contribution in [1.82, 2.24) is 24.5 Å². The van der Waals surface area contributed by atoms with Gasteiger partial charge < -0.3 is 19.3 Å². The van der Waals surface area contributed by atoms with Gasteiger partial charge in [-0.1, -0.05) is 12.1 Å². The Hall–Kier alpha value is -1.98. The van der Waals surface area contributed by atoms with Gasteiger partial charge in [0, 0.05) is 62.8 Å². The van der Waals surface area contributed by atoms with Crippen LogP contribution in [-0.2, 0) is 15.2 Å². The molecule has 8 nitrogen and oxygen atoms in total. The van der Waals surface area contributed by atoms with Crippen molar-refractivity contribution >= 4 is 17.7 Å². The number of halogens is 1. The van der Waals surface area contributed by atoms with Crippen LogP contribution in [0.2, 0.25) is 0 Å². The number of benzene rings is 1. The van der Waals surface area contributed by atoms with E-state index in [4.69, 9.17) is 14.6 Å². The second kappa shape index (κ2) is 12.3. The summed E-state index contributed by atoms with van der Waals surface area (Å²) >= 11 is 1.47. The predicted molar refractivity (Wildman–Crippen MR) is 143 cm³/mol. The highest BCUT2D eigenvalue weighted by atomic mass is 32.2. The number of carbonyl (C=O) groups excluding carboxylic acids is 1. The lowest BCUT2D eigenvalue weighted by Gasteiger charge is -2.35. The molecule has 1 unspecified atom stereocenters. The Morgan fingerprint density at radius 3 is 2.92 bits per heavy atom. The van der Waals surface area contributed by atoms with Crippen LogP contribution >= 0.6 is 11.8 Å². The molecule has 0 radical (unpaired) electrons. The minimum Gasteiger partial charge on any atom is -0.380 e. The summed E-state index contributed by atoms with van der Waals surface area (Å²) in [7, 11) is 2.14. The van der Waals surface area contributed by atoms with Crippen LogP contribution in [0.4, 0.5) is 4.39 Å². The fraction of sp³-hybridized carbons (Fsp3) is 0.630. The van der Waals surface area contributed by atoms with Crippen molar-refractivity contribution in [3.05, 3.63) is 35.3 Å². The van der Waals surface area contributed by atoms with Gasteiger partial charge in [-0.15, -0.1) is 11.8 Å². The summed E-state index contributed by atoms with van der Waals surface area (Å²) in [6.45, 7) is 10.6. The van der Waals surface area contributed by atoms with Crippen molar-refractivity contribution in [3.63, 3.8) is 0 Å². The number of likely N-dealkylation sites (N-methyl/N-ethyl adjacent to an activating group) is 1. The molecule has 4 heterocycles. The minimum atomic E-state index is -0.206. The molecule has 1 amide bonds. The van der Waals surface area contributed by atoms with E-state index in [1.807, 2.05) is 17.9 Å². The molecule has 202 valence electrons. The lowest BCUT2D eigenvalue weighted by Crippen LogP contribution is -2.42. The lowest BCUT2D eigenvalue weighted by molar-refractivity contribution is 0.0297. The first-order chi connectivity index (χ1) is 18.1. The molecule has 1 atom stereocenters. The second-order valence-corrected chi connectivity index (χ2v) is 11.0. The largest absolute Gasteiger partial charge is 0.380 e. The molecule has 37 heavy (non-hydrogen) atoms. The van der Waals surface area contributed by atoms with E-state index >= 15 is 0 Å². The van der Waals surface area contributed by atoms with Gasteiger partial charge in [0.1, 0.15) is 5.82 Å². The number of carbonyl (C=O) groups is 1. The van der Waals surface area contributed by atoms with Crippen LogP contribution in [0, 0.1) is 5.82 Å². The van der Waals surface area contributed by atoms with E-state index in [1.54, 1.807) is 6.07 Å². The van der Waals surface area contributed by atoms with Gasteiger partial charge in [0.05, 0.1) is 36.5 Å². The van der Waals surface area contributed by atoms with E-state index in [1.165, 1.54) is 17.8 Å². The summed E-state index contributed by atoms with van der Waals surface area (Å²) in [4.78, 5) is 20.9. The second-order valence-electron chi connectivity index (χ2n) is 10.0. The Morgan fingerprint density at radius 2 is 2.11 bits per heavy atom. The summed E-state index contributed by atoms with van der Waals surface area (Å²) < 4.78 is 27.8. The standard InChI is InChI=1S/C27H38FN5O3S/c1-3-35-15-12-30(2)10-11-31-9-5-6-20(18-31)33-25-21-7-4-8-23(28)26(21)37-19-22(25)24(29-33)27(34)32-13-16-36-17-14-32/h4,7-8,20H,3,5-6,9-19H2,1-2H3. The zero-order chi connectivity index (χ0) is 25.8. The first kappa shape index (κ1) is 26.6. The zero-order valence-corrected chi connectivity index (χ0v) is 22.8. The van der Waals surface area contributed by atoms with Gasteiger partial charge in [0.2, 0.25) is 0 Å². The number of piperidine rings is 1. The van der Waals surface area contributed by atoms with Crippen LogP contribution in [0.5, 0.6) is 0 Å². The van der Waals surface area contributed by atoms with Crippen molar-refractivity contribution in [2.24, 2.45) is 0 Å². The van der Waals surface area contributed by atoms with Crippen LogP contribution in [0.3, 0.4) is 0 Å². The van der Waals surface area contributed by atoms with Crippen LogP contribution in [0.25, 0.3) is 11.3 Å². The number of amides is 1. The van der Waals surface area contributed by atoms with Crippen LogP contribution in [0.1, 0.15) is 41.9 Å². The number of likely N-dealkylation sites (tertiary alicyclic amines) is 1. The molecule has 2 saturated heterocycles. The van der Waals surface area contributed by atoms with E-state index in [0.717, 1.165) is 75.6 Å². The number of fused-ring (bicyclic) bond motifs is 3. The summed E-state index contributed by atoms with van der Waals surface area (Å²) in [6, 6.07) is 5.39. The van der Waals surface area contributed by atoms with E-state index in [9.17, 15) is 9.18 Å². The molecule has 1 aromatic carbocycles. The Bertz CT molecular complexity index is 1090. The van der Waals surface area contributed by atoms with Gasteiger partial charge >= 0.3 is 0 Å². The molecule has 5 rings (SSSR count). The maximum absolute atomic E-state index is 14.8. The third-order valence-electron chi connectivity index (χ3n) is 7.54. The first-order valence-electron chi connectivity index (χ1n) is 13.5. The molecule has 2 aromatic rings. The van der Waals surface area contributed by atoms with Crippen LogP contribution in [-0.4, -0.2) is 110 Å². The van der Waals surface area contributed by atoms with Gasteiger partial charge in [0.15, 0.2) is 5.69 Å². The molecule has 10 heteroatoms. The van der Waals surface area contributed by atoms with E-state index < -0.39 is 0 Å². The first-order valence-corrected chi connectivity index (χ1v) is 14.4. The fourth-order valence-corrected chi connectivity index (χ4v) is 6.54. The van der Waals surface area contributed by atoms with Crippen molar-refractivity contribution in [2.45, 2.75) is 36.5 Å². The summed E-state index contributed by atoms with van der Waals surface area (Å²) in [5, 5.41) is 4.99. The number of hydrogen-bond acceptors (Lipinski definition) is 7. The maximum atomic E-state index is 14.8. The highest BCUT2D eigenvalue weighted by molar-refractivity contribution is 7.98. The number of thioether (sulfide) groups is 1. The smallest absolute Gasteiger partial charge is 0.274 e. The van der Waals surface area contributed by atoms with E-state index in [2.05, 4.69) is 21.5 Å². The van der Waals surface area contributed by atoms with Crippen LogP contribution in [0.15, 0.2) is 23.1 Å². The van der Waals surface area contributed by atoms with Crippen molar-refractivity contribution in [2.75, 3.05) is 79.3 Å². The van der Waals surface area contributed by atoms with Crippen molar-refractivity contribution < 1.29 is 18.7 Å². The number of morpholine rings is 1. The molecule has 0 saturated carbocycles. The number of hydrogen-bond donors (Lipinski definition) is 0. The van der Waals surface area contributed by atoms with Gasteiger partial charge in [-0.05, 0) is 39.4 Å². The molecule has 1 aromatic heterocycles. The van der Waals surface area contributed by atoms with Gasteiger partial charge in [0.25, 0.3) is 5.91 Å². The van der Waals surface area contributed by atoms with Crippen molar-refractivity contribution in [1.29, 1.82) is 0 Å². The van der Waals surface area contributed by atoms with Crippen molar-refractivity contribution in [3.8, 4) is 11.3 Å². The highest BCUT2D eigenvalue weighted by Gasteiger charge is 2.35. The van der Waals surface area contributed by atoms with E-state index in [0.29, 0.717) is 42.6 Å². The highest BCUT2D eigenvalue weighted by Crippen LogP contribution is 2.45. The average Bonchev–Trinajstić information content (AvgIpc) is 3.33. The molecule has 3 aliphatic heterocycles. The molecule has 0 N–H and O–H groups in total. The third kappa shape index (κ3) is 5.88. The number of aromatic nitrogens is 2. The maximum Gasteiger partial charge on any atom is 0.274 e. The van der Waals surface area contributed by atoms with Gasteiger partial charge in [-0.3, -0.25) is 14.4 Å². The molecule has 3 aliphatic rings. The van der Waals surface area contributed by atoms with Gasteiger partial charge in [-0.25, -0.2) is 4.39 Å².